The van der Waals surface area contributed by atoms with Crippen molar-refractivity contribution in [3.8, 4) is 17.3 Å². The van der Waals surface area contributed by atoms with E-state index >= 15 is 0 Å². The van der Waals surface area contributed by atoms with Gasteiger partial charge in [-0.15, -0.1) is 0 Å². The molecule has 0 saturated carbocycles. The van der Waals surface area contributed by atoms with E-state index < -0.39 is 0 Å². The van der Waals surface area contributed by atoms with Crippen molar-refractivity contribution < 1.29 is 4.74 Å². The van der Waals surface area contributed by atoms with Gasteiger partial charge in [0.1, 0.15) is 24.0 Å². The molecule has 0 unspecified atom stereocenters. The van der Waals surface area contributed by atoms with E-state index in [0.29, 0.717) is 6.67 Å². The van der Waals surface area contributed by atoms with Crippen molar-refractivity contribution in [2.24, 2.45) is 0 Å². The van der Waals surface area contributed by atoms with E-state index in [9.17, 15) is 0 Å². The fourth-order valence-electron chi connectivity index (χ4n) is 10.9. The molecule has 0 saturated heterocycles. The summed E-state index contributed by atoms with van der Waals surface area (Å²) in [5.74, 6) is 2.43. The van der Waals surface area contributed by atoms with E-state index in [2.05, 4.69) is 250 Å². The average molecular weight is 893 g/mol. The fraction of sp³-hybridized carbons (Fsp3) is 0.141. The number of nitrogens with zero attached hydrogens (tertiary/aromatic N) is 4. The van der Waals surface area contributed by atoms with Crippen molar-refractivity contribution in [2.75, 3.05) is 16.5 Å². The van der Waals surface area contributed by atoms with E-state index in [4.69, 9.17) is 9.72 Å². The number of hydrogen-bond acceptors (Lipinski definition) is 4. The second-order valence-electron chi connectivity index (χ2n) is 20.9. The summed E-state index contributed by atoms with van der Waals surface area (Å²) in [6, 6.07) is 70.5. The van der Waals surface area contributed by atoms with Gasteiger partial charge in [0, 0.05) is 50.4 Å². The lowest BCUT2D eigenvalue weighted by Gasteiger charge is -2.29. The number of aromatic nitrogens is 2. The zero-order valence-corrected chi connectivity index (χ0v) is 39.9. The van der Waals surface area contributed by atoms with Gasteiger partial charge in [-0.25, -0.2) is 4.98 Å². The Labute approximate surface area is 402 Å². The Morgan fingerprint density at radius 2 is 0.971 bits per heavy atom. The Hall–Kier alpha value is -8.15. The molecule has 1 aliphatic heterocycles. The van der Waals surface area contributed by atoms with E-state index in [1.54, 1.807) is 0 Å². The molecule has 3 heterocycles. The summed E-state index contributed by atoms with van der Waals surface area (Å²) in [5, 5.41) is 13.1. The van der Waals surface area contributed by atoms with Crippen molar-refractivity contribution in [1.29, 1.82) is 0 Å². The van der Waals surface area contributed by atoms with Crippen LogP contribution in [-0.2, 0) is 10.8 Å². The number of benzene rings is 10. The first-order valence-corrected chi connectivity index (χ1v) is 24.1. The van der Waals surface area contributed by atoms with Crippen LogP contribution in [0.25, 0.3) is 81.6 Å². The number of anilines is 4. The lowest BCUT2D eigenvalue weighted by atomic mass is 9.80. The number of fused-ring (bicyclic) bond motifs is 13. The van der Waals surface area contributed by atoms with Crippen molar-refractivity contribution in [2.45, 2.75) is 52.4 Å². The molecule has 5 nitrogen and oxygen atoms in total. The maximum Gasteiger partial charge on any atom is 0.146 e. The molecule has 0 N–H and O–H groups in total. The minimum Gasteiger partial charge on any atom is -0.457 e. The summed E-state index contributed by atoms with van der Waals surface area (Å²) >= 11 is 0. The van der Waals surface area contributed by atoms with E-state index in [-0.39, 0.29) is 10.8 Å². The highest BCUT2D eigenvalue weighted by atomic mass is 16.5. The van der Waals surface area contributed by atoms with Gasteiger partial charge in [0.25, 0.3) is 0 Å². The lowest BCUT2D eigenvalue weighted by Crippen LogP contribution is -2.25. The van der Waals surface area contributed by atoms with Crippen LogP contribution < -0.4 is 14.5 Å². The molecule has 13 rings (SSSR count). The lowest BCUT2D eigenvalue weighted by molar-refractivity contribution is 0.483. The van der Waals surface area contributed by atoms with E-state index in [1.165, 1.54) is 76.7 Å². The van der Waals surface area contributed by atoms with E-state index in [0.717, 1.165) is 50.3 Å². The van der Waals surface area contributed by atoms with Crippen LogP contribution in [0.4, 0.5) is 22.7 Å². The third kappa shape index (κ3) is 6.63. The molecule has 69 heavy (non-hydrogen) atoms. The number of pyridine rings is 1. The van der Waals surface area contributed by atoms with Gasteiger partial charge in [0.05, 0.1) is 27.9 Å². The summed E-state index contributed by atoms with van der Waals surface area (Å²) < 4.78 is 9.26. The van der Waals surface area contributed by atoms with Crippen LogP contribution in [0.15, 0.2) is 194 Å². The largest absolute Gasteiger partial charge is 0.457 e. The first-order valence-electron chi connectivity index (χ1n) is 24.1. The molecule has 5 heteroatoms. The Morgan fingerprint density at radius 1 is 0.406 bits per heavy atom. The number of ether oxygens (including phenoxy) is 1. The topological polar surface area (TPSA) is 33.5 Å². The molecule has 0 bridgehead atoms. The SMILES string of the molecule is CC(C)(C)c1cc(N2CN(c3cccc(Oc4ccc5c6ccccc6n(-c6nc7ccc8ccc9ccccc9c8c7c7c6ccc6ccccc67)c5c4)c3)c3ccccc32)cc(C(C)(C)C)c1. The van der Waals surface area contributed by atoms with Gasteiger partial charge in [-0.1, -0.05) is 157 Å². The zero-order valence-electron chi connectivity index (χ0n) is 39.9. The Kier molecular flexibility index (Phi) is 9.04. The molecule has 2 aromatic heterocycles. The molecular weight excluding hydrogens is 841 g/mol. The molecule has 334 valence electrons. The van der Waals surface area contributed by atoms with Gasteiger partial charge in [-0.3, -0.25) is 4.57 Å². The molecule has 0 spiro atoms. The molecule has 0 aliphatic carbocycles. The summed E-state index contributed by atoms with van der Waals surface area (Å²) in [5.41, 5.74) is 10.4. The van der Waals surface area contributed by atoms with Gasteiger partial charge in [-0.2, -0.15) is 0 Å². The second kappa shape index (κ2) is 15.2. The minimum absolute atomic E-state index is 0.0116. The van der Waals surface area contributed by atoms with Gasteiger partial charge in [0.15, 0.2) is 0 Å². The van der Waals surface area contributed by atoms with Gasteiger partial charge < -0.3 is 14.5 Å². The van der Waals surface area contributed by atoms with Crippen LogP contribution in [0, 0.1) is 0 Å². The van der Waals surface area contributed by atoms with E-state index in [1.807, 2.05) is 0 Å². The molecule has 1 aliphatic rings. The summed E-state index contributed by atoms with van der Waals surface area (Å²) in [7, 11) is 0. The summed E-state index contributed by atoms with van der Waals surface area (Å²) in [6.45, 7) is 14.5. The van der Waals surface area contributed by atoms with Crippen LogP contribution in [0.3, 0.4) is 0 Å². The molecule has 12 aromatic rings. The number of rotatable bonds is 5. The monoisotopic (exact) mass is 892 g/mol. The van der Waals surface area contributed by atoms with Crippen LogP contribution in [0.2, 0.25) is 0 Å². The number of hydrogen-bond donors (Lipinski definition) is 0. The van der Waals surface area contributed by atoms with Crippen molar-refractivity contribution >= 4 is 98.5 Å². The predicted molar refractivity (Wildman–Crippen MR) is 292 cm³/mol. The third-order valence-electron chi connectivity index (χ3n) is 14.5. The standard InChI is InChI=1S/C64H52N4O/c1-63(2,3)43-34-44(64(4,5)6)36-46(35-43)67-39-66(56-24-13-14-25-57(56)67)45-18-15-19-47(37-45)69-48-30-32-52-51-22-11-12-23-55(51)68(58(52)38-48)62-53-31-28-41-17-8-10-21-50(41)60(53)61-54(65-62)33-29-42-27-26-40-16-7-9-20-49(40)59(42)61/h7-38H,39H2,1-6H3. The fourth-order valence-corrected chi connectivity index (χ4v) is 10.9. The van der Waals surface area contributed by atoms with Crippen LogP contribution >= 0.6 is 0 Å². The molecule has 0 atom stereocenters. The molecule has 0 amide bonds. The molecule has 0 fully saturated rings. The van der Waals surface area contributed by atoms with Gasteiger partial charge in [-0.05, 0) is 121 Å². The smallest absolute Gasteiger partial charge is 0.146 e. The van der Waals surface area contributed by atoms with Gasteiger partial charge >= 0.3 is 0 Å². The van der Waals surface area contributed by atoms with Crippen LogP contribution in [0.5, 0.6) is 11.5 Å². The Balaban J connectivity index is 0.940. The Morgan fingerprint density at radius 3 is 1.70 bits per heavy atom. The van der Waals surface area contributed by atoms with Crippen molar-refractivity contribution in [1.82, 2.24) is 9.55 Å². The van der Waals surface area contributed by atoms with Crippen LogP contribution in [0.1, 0.15) is 52.7 Å². The maximum absolute atomic E-state index is 6.91. The first-order chi connectivity index (χ1) is 33.5. The van der Waals surface area contributed by atoms with Crippen LogP contribution in [-0.4, -0.2) is 16.2 Å². The normalized spacial score (nSPS) is 13.2. The second-order valence-corrected chi connectivity index (χ2v) is 20.9. The maximum atomic E-state index is 6.91. The molecular formula is C64H52N4O. The molecule has 0 radical (unpaired) electrons. The summed E-state index contributed by atoms with van der Waals surface area (Å²) in [4.78, 5) is 10.5. The van der Waals surface area contributed by atoms with Crippen molar-refractivity contribution in [3.63, 3.8) is 0 Å². The predicted octanol–water partition coefficient (Wildman–Crippen LogP) is 17.6. The highest BCUT2D eigenvalue weighted by Crippen LogP contribution is 2.48. The molecule has 10 aromatic carbocycles. The third-order valence-corrected chi connectivity index (χ3v) is 14.5. The average Bonchev–Trinajstić information content (AvgIpc) is 3.91. The summed E-state index contributed by atoms with van der Waals surface area (Å²) in [6.07, 6.45) is 0. The minimum atomic E-state index is 0.0116. The number of para-hydroxylation sites is 3. The van der Waals surface area contributed by atoms with Crippen molar-refractivity contribution in [3.05, 3.63) is 205 Å². The Bertz CT molecular complexity index is 4040. The quantitative estimate of drug-likeness (QED) is 0.161. The first kappa shape index (κ1) is 41.1. The zero-order chi connectivity index (χ0) is 46.8. The highest BCUT2D eigenvalue weighted by Gasteiger charge is 2.31. The van der Waals surface area contributed by atoms with Gasteiger partial charge in [0.2, 0.25) is 0 Å². The highest BCUT2D eigenvalue weighted by molar-refractivity contribution is 6.32.